The third kappa shape index (κ3) is 3.23. The summed E-state index contributed by atoms with van der Waals surface area (Å²) in [5.41, 5.74) is 2.14. The summed E-state index contributed by atoms with van der Waals surface area (Å²) in [5, 5.41) is 4.75. The van der Waals surface area contributed by atoms with Crippen molar-refractivity contribution in [1.29, 1.82) is 0 Å². The van der Waals surface area contributed by atoms with Gasteiger partial charge < -0.3 is 9.80 Å². The first-order valence-electron chi connectivity index (χ1n) is 9.86. The van der Waals surface area contributed by atoms with Crippen LogP contribution in [0.2, 0.25) is 0 Å². The van der Waals surface area contributed by atoms with Crippen LogP contribution >= 0.6 is 0 Å². The fraction of sp³-hybridized carbons (Fsp3) is 0.800. The van der Waals surface area contributed by atoms with E-state index >= 15 is 0 Å². The van der Waals surface area contributed by atoms with Gasteiger partial charge >= 0.3 is 0 Å². The molecular formula is C20H32N4O. The van der Waals surface area contributed by atoms with Gasteiger partial charge in [-0.1, -0.05) is 0 Å². The molecule has 1 saturated carbocycles. The topological polar surface area (TPSA) is 41.4 Å². The van der Waals surface area contributed by atoms with E-state index in [2.05, 4.69) is 48.4 Å². The molecule has 1 aliphatic carbocycles. The zero-order chi connectivity index (χ0) is 17.8. The smallest absolute Gasteiger partial charge is 0.274 e. The predicted molar refractivity (Wildman–Crippen MR) is 98.9 cm³/mol. The molecule has 4 rings (SSSR count). The van der Waals surface area contributed by atoms with E-state index in [4.69, 9.17) is 5.10 Å². The van der Waals surface area contributed by atoms with E-state index in [1.54, 1.807) is 0 Å². The summed E-state index contributed by atoms with van der Waals surface area (Å²) in [4.78, 5) is 17.6. The molecule has 0 bridgehead atoms. The van der Waals surface area contributed by atoms with Crippen molar-refractivity contribution >= 4 is 5.91 Å². The standard InChI is InChI=1S/C20H32N4O/c1-19(2,3)24-17(15-6-7-15)12-16(21-24)18(25)23-11-9-20(14-23)8-5-10-22(4)13-20/h12,15H,5-11,13-14H2,1-4H3. The summed E-state index contributed by atoms with van der Waals surface area (Å²) in [7, 11) is 2.21. The van der Waals surface area contributed by atoms with Crippen LogP contribution in [0.4, 0.5) is 0 Å². The van der Waals surface area contributed by atoms with Gasteiger partial charge in [-0.25, -0.2) is 0 Å². The van der Waals surface area contributed by atoms with Gasteiger partial charge in [0.1, 0.15) is 0 Å². The number of aromatic nitrogens is 2. The van der Waals surface area contributed by atoms with E-state index < -0.39 is 0 Å². The van der Waals surface area contributed by atoms with Crippen LogP contribution in [0.15, 0.2) is 6.07 Å². The van der Waals surface area contributed by atoms with Crippen molar-refractivity contribution in [3.05, 3.63) is 17.5 Å². The van der Waals surface area contributed by atoms with Crippen LogP contribution in [0, 0.1) is 5.41 Å². The lowest BCUT2D eigenvalue weighted by atomic mass is 9.79. The van der Waals surface area contributed by atoms with Crippen molar-refractivity contribution < 1.29 is 4.79 Å². The van der Waals surface area contributed by atoms with Gasteiger partial charge in [0.05, 0.1) is 5.54 Å². The highest BCUT2D eigenvalue weighted by Crippen LogP contribution is 2.42. The van der Waals surface area contributed by atoms with Crippen LogP contribution in [0.25, 0.3) is 0 Å². The number of nitrogens with zero attached hydrogens (tertiary/aromatic N) is 4. The van der Waals surface area contributed by atoms with Gasteiger partial charge in [-0.3, -0.25) is 9.48 Å². The number of carbonyl (C=O) groups excluding carboxylic acids is 1. The zero-order valence-corrected chi connectivity index (χ0v) is 16.2. The minimum Gasteiger partial charge on any atom is -0.337 e. The number of hydrogen-bond acceptors (Lipinski definition) is 3. The molecule has 3 heterocycles. The maximum absolute atomic E-state index is 13.1. The van der Waals surface area contributed by atoms with Gasteiger partial charge in [0.2, 0.25) is 0 Å². The van der Waals surface area contributed by atoms with Gasteiger partial charge in [0.15, 0.2) is 5.69 Å². The summed E-state index contributed by atoms with van der Waals surface area (Å²) in [6.07, 6.45) is 6.11. The molecule has 2 saturated heterocycles. The molecule has 2 aliphatic heterocycles. The number of likely N-dealkylation sites (tertiary alicyclic amines) is 2. The summed E-state index contributed by atoms with van der Waals surface area (Å²) < 4.78 is 2.10. The SMILES string of the molecule is CN1CCCC2(CCN(C(=O)c3cc(C4CC4)n(C(C)(C)C)n3)C2)C1. The highest BCUT2D eigenvalue weighted by molar-refractivity contribution is 5.92. The maximum atomic E-state index is 13.1. The third-order valence-corrected chi connectivity index (χ3v) is 6.16. The highest BCUT2D eigenvalue weighted by Gasteiger charge is 2.43. The van der Waals surface area contributed by atoms with Gasteiger partial charge in [-0.2, -0.15) is 5.10 Å². The Morgan fingerprint density at radius 2 is 1.96 bits per heavy atom. The Bertz CT molecular complexity index is 670. The first-order valence-corrected chi connectivity index (χ1v) is 9.86. The maximum Gasteiger partial charge on any atom is 0.274 e. The molecule has 1 aromatic heterocycles. The highest BCUT2D eigenvalue weighted by atomic mass is 16.2. The average molecular weight is 345 g/mol. The molecule has 0 N–H and O–H groups in total. The molecule has 0 radical (unpaired) electrons. The predicted octanol–water partition coefficient (Wildman–Crippen LogP) is 3.07. The van der Waals surface area contributed by atoms with E-state index in [0.29, 0.717) is 17.0 Å². The second-order valence-corrected chi connectivity index (χ2v) is 9.63. The lowest BCUT2D eigenvalue weighted by Gasteiger charge is -2.38. The van der Waals surface area contributed by atoms with Crippen LogP contribution in [-0.4, -0.2) is 58.7 Å². The fourth-order valence-corrected chi connectivity index (χ4v) is 4.77. The summed E-state index contributed by atoms with van der Waals surface area (Å²) in [6, 6.07) is 2.07. The van der Waals surface area contributed by atoms with Crippen molar-refractivity contribution in [2.45, 2.75) is 64.3 Å². The normalized spacial score (nSPS) is 28.1. The van der Waals surface area contributed by atoms with Gasteiger partial charge in [0.25, 0.3) is 5.91 Å². The second kappa shape index (κ2) is 5.83. The number of piperidine rings is 1. The first-order chi connectivity index (χ1) is 11.8. The quantitative estimate of drug-likeness (QED) is 0.828. The summed E-state index contributed by atoms with van der Waals surface area (Å²) >= 11 is 0. The Morgan fingerprint density at radius 1 is 1.20 bits per heavy atom. The Hall–Kier alpha value is -1.36. The molecule has 1 spiro atoms. The van der Waals surface area contributed by atoms with Crippen molar-refractivity contribution in [3.63, 3.8) is 0 Å². The first kappa shape index (κ1) is 17.1. The number of carbonyl (C=O) groups is 1. The zero-order valence-electron chi connectivity index (χ0n) is 16.2. The van der Waals surface area contributed by atoms with Crippen LogP contribution in [0.1, 0.15) is 75.0 Å². The number of rotatable bonds is 2. The van der Waals surface area contributed by atoms with Crippen LogP contribution in [0.3, 0.4) is 0 Å². The van der Waals surface area contributed by atoms with E-state index in [-0.39, 0.29) is 11.4 Å². The van der Waals surface area contributed by atoms with Crippen molar-refractivity contribution in [2.75, 3.05) is 33.2 Å². The minimum atomic E-state index is -0.0746. The van der Waals surface area contributed by atoms with E-state index in [9.17, 15) is 4.79 Å². The second-order valence-electron chi connectivity index (χ2n) is 9.63. The van der Waals surface area contributed by atoms with Crippen LogP contribution in [-0.2, 0) is 5.54 Å². The van der Waals surface area contributed by atoms with Gasteiger partial charge in [-0.15, -0.1) is 0 Å². The van der Waals surface area contributed by atoms with E-state index in [1.807, 2.05) is 0 Å². The third-order valence-electron chi connectivity index (χ3n) is 6.16. The minimum absolute atomic E-state index is 0.0746. The Morgan fingerprint density at radius 3 is 2.60 bits per heavy atom. The molecule has 1 unspecified atom stereocenters. The monoisotopic (exact) mass is 344 g/mol. The molecule has 5 nitrogen and oxygen atoms in total. The van der Waals surface area contributed by atoms with Gasteiger partial charge in [0, 0.05) is 36.7 Å². The van der Waals surface area contributed by atoms with Crippen molar-refractivity contribution in [2.24, 2.45) is 5.41 Å². The van der Waals surface area contributed by atoms with Crippen LogP contribution in [0.5, 0.6) is 0 Å². The molecule has 3 aliphatic rings. The Kier molecular flexibility index (Phi) is 3.98. The Balaban J connectivity index is 1.54. The molecular weight excluding hydrogens is 312 g/mol. The number of amides is 1. The molecule has 25 heavy (non-hydrogen) atoms. The molecule has 1 amide bonds. The molecule has 138 valence electrons. The van der Waals surface area contributed by atoms with Gasteiger partial charge in [-0.05, 0) is 72.5 Å². The lowest BCUT2D eigenvalue weighted by Crippen LogP contribution is -2.43. The summed E-state index contributed by atoms with van der Waals surface area (Å²) in [6.45, 7) is 10.6. The lowest BCUT2D eigenvalue weighted by molar-refractivity contribution is 0.0715. The molecule has 5 heteroatoms. The van der Waals surface area contributed by atoms with Crippen molar-refractivity contribution in [1.82, 2.24) is 19.6 Å². The molecule has 1 atom stereocenters. The summed E-state index contributed by atoms with van der Waals surface area (Å²) in [5.74, 6) is 0.736. The van der Waals surface area contributed by atoms with Crippen molar-refractivity contribution in [3.8, 4) is 0 Å². The van der Waals surface area contributed by atoms with E-state index in [1.165, 1.54) is 37.9 Å². The number of hydrogen-bond donors (Lipinski definition) is 0. The fourth-order valence-electron chi connectivity index (χ4n) is 4.77. The molecule has 3 fully saturated rings. The Labute approximate surface area is 151 Å². The molecule has 0 aromatic carbocycles. The average Bonchev–Trinajstić information content (AvgIpc) is 3.14. The van der Waals surface area contributed by atoms with E-state index in [0.717, 1.165) is 26.1 Å². The molecule has 1 aromatic rings. The largest absolute Gasteiger partial charge is 0.337 e. The van der Waals surface area contributed by atoms with Crippen LogP contribution < -0.4 is 0 Å².